The fourth-order valence-corrected chi connectivity index (χ4v) is 8.70. The Morgan fingerprint density at radius 2 is 1.79 bits per heavy atom. The lowest BCUT2D eigenvalue weighted by Gasteiger charge is -2.40. The van der Waals surface area contributed by atoms with Crippen LogP contribution in [-0.2, 0) is 16.2 Å². The predicted molar refractivity (Wildman–Crippen MR) is 166 cm³/mol. The van der Waals surface area contributed by atoms with Crippen molar-refractivity contribution in [2.75, 3.05) is 25.5 Å². The quantitative estimate of drug-likeness (QED) is 0.396. The first-order valence-electron chi connectivity index (χ1n) is 15.9. The van der Waals surface area contributed by atoms with Crippen LogP contribution in [0.2, 0.25) is 0 Å². The van der Waals surface area contributed by atoms with Gasteiger partial charge in [-0.1, -0.05) is 11.3 Å². The van der Waals surface area contributed by atoms with Crippen molar-refractivity contribution in [3.05, 3.63) is 30.2 Å². The standard InChI is InChI=1S/C32H41N7O3S/c1-20(40)34-32-35-26-19-42-29-27(22-6-5-15-33-18-22)36-39(28(29)30(26)43-32)25-9-7-21(8-10-25)31(41)37(2)23-11-13-24(14-12-23)38-16-3-4-17-38/h5-6,15,18,21,23-25H,3-4,7-14,16-17,19H2,1-2H3,(H,34,35,40)/t21-,23-,24+,25-. The molecule has 0 spiro atoms. The van der Waals surface area contributed by atoms with E-state index in [0.717, 1.165) is 71.8 Å². The maximum atomic E-state index is 13.7. The summed E-state index contributed by atoms with van der Waals surface area (Å²) >= 11 is 1.46. The van der Waals surface area contributed by atoms with Crippen molar-refractivity contribution in [1.82, 2.24) is 29.5 Å². The highest BCUT2D eigenvalue weighted by atomic mass is 32.1. The van der Waals surface area contributed by atoms with Crippen molar-refractivity contribution < 1.29 is 14.3 Å². The molecule has 0 atom stereocenters. The Morgan fingerprint density at radius 3 is 2.49 bits per heavy atom. The van der Waals surface area contributed by atoms with E-state index in [0.29, 0.717) is 29.7 Å². The van der Waals surface area contributed by atoms with Gasteiger partial charge in [-0.25, -0.2) is 4.98 Å². The molecule has 0 radical (unpaired) electrons. The van der Waals surface area contributed by atoms with Crippen LogP contribution < -0.4 is 10.1 Å². The molecule has 3 aromatic heterocycles. The summed E-state index contributed by atoms with van der Waals surface area (Å²) in [5.74, 6) is 0.961. The van der Waals surface area contributed by atoms with Gasteiger partial charge in [0.05, 0.1) is 10.9 Å². The Kier molecular flexibility index (Phi) is 7.94. The minimum Gasteiger partial charge on any atom is -0.483 e. The molecule has 1 saturated heterocycles. The summed E-state index contributed by atoms with van der Waals surface area (Å²) in [6.45, 7) is 4.32. The van der Waals surface area contributed by atoms with Gasteiger partial charge >= 0.3 is 0 Å². The van der Waals surface area contributed by atoms with Crippen LogP contribution in [0.1, 0.15) is 82.9 Å². The van der Waals surface area contributed by atoms with Gasteiger partial charge in [-0.2, -0.15) is 5.10 Å². The number of nitrogens with one attached hydrogen (secondary N) is 1. The van der Waals surface area contributed by atoms with Gasteiger partial charge in [0, 0.05) is 49.9 Å². The van der Waals surface area contributed by atoms with Crippen molar-refractivity contribution in [1.29, 1.82) is 0 Å². The summed E-state index contributed by atoms with van der Waals surface area (Å²) in [6, 6.07) is 5.13. The van der Waals surface area contributed by atoms with Gasteiger partial charge in [-0.3, -0.25) is 19.3 Å². The van der Waals surface area contributed by atoms with E-state index in [1.54, 1.807) is 6.20 Å². The third kappa shape index (κ3) is 5.57. The molecule has 2 aliphatic heterocycles. The average molecular weight is 604 g/mol. The Balaban J connectivity index is 1.07. The highest BCUT2D eigenvalue weighted by molar-refractivity contribution is 7.19. The summed E-state index contributed by atoms with van der Waals surface area (Å²) in [7, 11) is 2.04. The van der Waals surface area contributed by atoms with E-state index < -0.39 is 0 Å². The van der Waals surface area contributed by atoms with Crippen LogP contribution in [-0.4, -0.2) is 73.6 Å². The van der Waals surface area contributed by atoms with E-state index >= 15 is 0 Å². The lowest BCUT2D eigenvalue weighted by atomic mass is 9.83. The van der Waals surface area contributed by atoms with Gasteiger partial charge in [-0.05, 0) is 89.4 Å². The second-order valence-electron chi connectivity index (χ2n) is 12.6. The maximum absolute atomic E-state index is 13.7. The van der Waals surface area contributed by atoms with Gasteiger partial charge in [0.2, 0.25) is 11.8 Å². The van der Waals surface area contributed by atoms with E-state index in [2.05, 4.69) is 29.8 Å². The molecule has 2 amide bonds. The van der Waals surface area contributed by atoms with E-state index in [1.165, 1.54) is 57.0 Å². The molecule has 2 saturated carbocycles. The highest BCUT2D eigenvalue weighted by Crippen LogP contribution is 2.49. The number of carbonyl (C=O) groups excluding carboxylic acids is 2. The van der Waals surface area contributed by atoms with Crippen LogP contribution in [0.3, 0.4) is 0 Å². The topological polar surface area (TPSA) is 105 Å². The van der Waals surface area contributed by atoms with Crippen LogP contribution in [0.15, 0.2) is 24.5 Å². The first kappa shape index (κ1) is 28.5. The molecule has 1 N–H and O–H groups in total. The molecule has 11 heteroatoms. The molecule has 43 heavy (non-hydrogen) atoms. The number of likely N-dealkylation sites (tertiary alicyclic amines) is 1. The minimum atomic E-state index is -0.149. The molecule has 228 valence electrons. The zero-order chi connectivity index (χ0) is 29.5. The Hall–Kier alpha value is -3.31. The van der Waals surface area contributed by atoms with Crippen LogP contribution in [0.25, 0.3) is 21.8 Å². The van der Waals surface area contributed by atoms with Gasteiger partial charge in [0.15, 0.2) is 10.9 Å². The van der Waals surface area contributed by atoms with E-state index in [4.69, 9.17) is 9.84 Å². The largest absolute Gasteiger partial charge is 0.483 e. The van der Waals surface area contributed by atoms with Crippen molar-refractivity contribution in [3.63, 3.8) is 0 Å². The number of hydrogen-bond acceptors (Lipinski definition) is 8. The van der Waals surface area contributed by atoms with Crippen molar-refractivity contribution >= 4 is 28.3 Å². The molecule has 0 aromatic carbocycles. The number of amides is 2. The first-order chi connectivity index (χ1) is 21.0. The maximum Gasteiger partial charge on any atom is 0.225 e. The molecule has 10 nitrogen and oxygen atoms in total. The normalized spacial score (nSPS) is 25.4. The summed E-state index contributed by atoms with van der Waals surface area (Å²) in [5, 5.41) is 8.51. The Morgan fingerprint density at radius 1 is 1.05 bits per heavy atom. The zero-order valence-electron chi connectivity index (χ0n) is 25.1. The van der Waals surface area contributed by atoms with Gasteiger partial charge in [0.25, 0.3) is 0 Å². The lowest BCUT2D eigenvalue weighted by molar-refractivity contribution is -0.138. The SMILES string of the molecule is CC(=O)Nc1nc2c(s1)-c1c(c(-c3cccnc3)nn1[C@H]1CC[C@H](C(=O)N(C)[C@H]3CC[C@@H](N4CCCC4)CC3)CC1)OC2. The van der Waals surface area contributed by atoms with Crippen molar-refractivity contribution in [2.24, 2.45) is 5.92 Å². The minimum absolute atomic E-state index is 0.0586. The highest BCUT2D eigenvalue weighted by Gasteiger charge is 2.38. The molecule has 0 bridgehead atoms. The number of anilines is 1. The fourth-order valence-electron chi connectivity index (χ4n) is 7.65. The second kappa shape index (κ2) is 12.0. The predicted octanol–water partition coefficient (Wildman–Crippen LogP) is 5.52. The number of thiazole rings is 1. The number of nitrogens with zero attached hydrogens (tertiary/aromatic N) is 6. The lowest BCUT2D eigenvalue weighted by Crippen LogP contribution is -2.46. The van der Waals surface area contributed by atoms with Gasteiger partial charge < -0.3 is 19.9 Å². The third-order valence-corrected chi connectivity index (χ3v) is 11.0. The van der Waals surface area contributed by atoms with Crippen LogP contribution >= 0.6 is 11.3 Å². The van der Waals surface area contributed by atoms with Crippen LogP contribution in [0.5, 0.6) is 5.75 Å². The summed E-state index contributed by atoms with van der Waals surface area (Å²) in [4.78, 5) is 40.1. The van der Waals surface area contributed by atoms with Crippen LogP contribution in [0, 0.1) is 5.92 Å². The fraction of sp³-hybridized carbons (Fsp3) is 0.594. The van der Waals surface area contributed by atoms with E-state index in [-0.39, 0.29) is 17.9 Å². The van der Waals surface area contributed by atoms with E-state index in [1.807, 2.05) is 25.4 Å². The summed E-state index contributed by atoms with van der Waals surface area (Å²) in [6.07, 6.45) is 14.3. The number of fused-ring (bicyclic) bond motifs is 3. The van der Waals surface area contributed by atoms with E-state index in [9.17, 15) is 9.59 Å². The molecular weight excluding hydrogens is 562 g/mol. The molecule has 7 rings (SSSR count). The van der Waals surface area contributed by atoms with Gasteiger partial charge in [-0.15, -0.1) is 0 Å². The Labute approximate surface area is 256 Å². The molecule has 3 aromatic rings. The summed E-state index contributed by atoms with van der Waals surface area (Å²) in [5.41, 5.74) is 3.39. The van der Waals surface area contributed by atoms with Crippen molar-refractivity contribution in [2.45, 2.75) is 95.9 Å². The molecule has 2 aliphatic carbocycles. The molecular formula is C32H41N7O3S. The first-order valence-corrected chi connectivity index (χ1v) is 16.7. The zero-order valence-corrected chi connectivity index (χ0v) is 25.9. The number of pyridine rings is 1. The van der Waals surface area contributed by atoms with Crippen molar-refractivity contribution in [3.8, 4) is 27.6 Å². The smallest absolute Gasteiger partial charge is 0.225 e. The number of hydrogen-bond donors (Lipinski definition) is 1. The number of rotatable bonds is 6. The number of aromatic nitrogens is 4. The second-order valence-corrected chi connectivity index (χ2v) is 13.6. The molecule has 4 aliphatic rings. The Bertz CT molecular complexity index is 1470. The monoisotopic (exact) mass is 603 g/mol. The third-order valence-electron chi connectivity index (χ3n) is 9.96. The summed E-state index contributed by atoms with van der Waals surface area (Å²) < 4.78 is 8.39. The van der Waals surface area contributed by atoms with Gasteiger partial charge in [0.1, 0.15) is 23.7 Å². The molecule has 3 fully saturated rings. The van der Waals surface area contributed by atoms with Crippen LogP contribution in [0.4, 0.5) is 5.13 Å². The number of ether oxygens (including phenoxy) is 1. The molecule has 0 unspecified atom stereocenters. The molecule has 5 heterocycles. The average Bonchev–Trinajstić information content (AvgIpc) is 3.79. The number of carbonyl (C=O) groups is 2.